The lowest BCUT2D eigenvalue weighted by Crippen LogP contribution is -2.14. The highest BCUT2D eigenvalue weighted by atomic mass is 35.5. The molecule has 0 bridgehead atoms. The lowest BCUT2D eigenvalue weighted by atomic mass is 10.1. The molecule has 1 heterocycles. The van der Waals surface area contributed by atoms with Crippen molar-refractivity contribution in [2.24, 2.45) is 0 Å². The van der Waals surface area contributed by atoms with Crippen LogP contribution < -0.4 is 10.1 Å². The lowest BCUT2D eigenvalue weighted by Gasteiger charge is -2.08. The van der Waals surface area contributed by atoms with Crippen molar-refractivity contribution in [1.82, 2.24) is 0 Å². The molecule has 1 aliphatic heterocycles. The number of ether oxygens (including phenoxy) is 1. The van der Waals surface area contributed by atoms with Crippen LogP contribution in [0, 0.1) is 5.82 Å². The van der Waals surface area contributed by atoms with Gasteiger partial charge in [-0.1, -0.05) is 23.7 Å². The number of halogens is 2. The Hall–Kier alpha value is -2.07. The van der Waals surface area contributed by atoms with Crippen molar-refractivity contribution >= 4 is 23.2 Å². The quantitative estimate of drug-likeness (QED) is 0.941. The van der Waals surface area contributed by atoms with Gasteiger partial charge in [-0.15, -0.1) is 0 Å². The first-order valence-electron chi connectivity index (χ1n) is 6.61. The van der Waals surface area contributed by atoms with Gasteiger partial charge < -0.3 is 10.1 Å². The Morgan fingerprint density at radius 2 is 2.14 bits per heavy atom. The summed E-state index contributed by atoms with van der Waals surface area (Å²) in [6, 6.07) is 9.62. The van der Waals surface area contributed by atoms with Crippen molar-refractivity contribution in [1.29, 1.82) is 0 Å². The molecule has 0 atom stereocenters. The number of fused-ring (bicyclic) bond motifs is 1. The first kappa shape index (κ1) is 13.9. The third-order valence-electron chi connectivity index (χ3n) is 3.32. The first-order chi connectivity index (χ1) is 10.1. The third kappa shape index (κ3) is 3.16. The smallest absolute Gasteiger partial charge is 0.228 e. The molecule has 108 valence electrons. The molecule has 3 nitrogen and oxygen atoms in total. The highest BCUT2D eigenvalue weighted by Crippen LogP contribution is 2.26. The predicted molar refractivity (Wildman–Crippen MR) is 79.4 cm³/mol. The van der Waals surface area contributed by atoms with Gasteiger partial charge in [0.2, 0.25) is 5.91 Å². The third-order valence-corrected chi connectivity index (χ3v) is 3.64. The van der Waals surface area contributed by atoms with Crippen LogP contribution in [-0.4, -0.2) is 12.5 Å². The molecular weight excluding hydrogens is 293 g/mol. The second-order valence-electron chi connectivity index (χ2n) is 4.89. The summed E-state index contributed by atoms with van der Waals surface area (Å²) in [5.74, 6) is 0.264. The fourth-order valence-corrected chi connectivity index (χ4v) is 2.53. The van der Waals surface area contributed by atoms with Crippen LogP contribution in [0.4, 0.5) is 10.1 Å². The van der Waals surface area contributed by atoms with E-state index >= 15 is 0 Å². The Kier molecular flexibility index (Phi) is 3.80. The van der Waals surface area contributed by atoms with Crippen molar-refractivity contribution in [2.45, 2.75) is 12.8 Å². The first-order valence-corrected chi connectivity index (χ1v) is 6.99. The Balaban J connectivity index is 1.69. The van der Waals surface area contributed by atoms with Crippen LogP contribution in [0.15, 0.2) is 36.4 Å². The molecule has 0 radical (unpaired) electrons. The molecular formula is C16H13ClFNO2. The topological polar surface area (TPSA) is 38.3 Å². The number of nitrogens with one attached hydrogen (secondary N) is 1. The predicted octanol–water partition coefficient (Wildman–Crippen LogP) is 3.60. The van der Waals surface area contributed by atoms with Crippen molar-refractivity contribution in [2.75, 3.05) is 11.9 Å². The van der Waals surface area contributed by atoms with Crippen LogP contribution in [0.25, 0.3) is 0 Å². The molecule has 2 aromatic carbocycles. The minimum atomic E-state index is -0.434. The zero-order chi connectivity index (χ0) is 14.8. The largest absolute Gasteiger partial charge is 0.493 e. The summed E-state index contributed by atoms with van der Waals surface area (Å²) in [5.41, 5.74) is 2.45. The van der Waals surface area contributed by atoms with Crippen LogP contribution in [0.1, 0.15) is 11.1 Å². The molecule has 1 aliphatic rings. The molecule has 1 amide bonds. The van der Waals surface area contributed by atoms with Crippen LogP contribution >= 0.6 is 11.6 Å². The highest BCUT2D eigenvalue weighted by Gasteiger charge is 2.14. The van der Waals surface area contributed by atoms with Crippen molar-refractivity contribution in [3.05, 3.63) is 58.4 Å². The van der Waals surface area contributed by atoms with Gasteiger partial charge in [-0.3, -0.25) is 4.79 Å². The fraction of sp³-hybridized carbons (Fsp3) is 0.188. The maximum Gasteiger partial charge on any atom is 0.228 e. The second kappa shape index (κ2) is 5.74. The maximum absolute atomic E-state index is 12.9. The van der Waals surface area contributed by atoms with E-state index in [1.54, 1.807) is 0 Å². The molecule has 0 unspecified atom stereocenters. The molecule has 0 fully saturated rings. The number of carbonyl (C=O) groups is 1. The molecule has 3 rings (SSSR count). The number of carbonyl (C=O) groups excluding carboxylic acids is 1. The van der Waals surface area contributed by atoms with E-state index in [0.29, 0.717) is 12.3 Å². The average Bonchev–Trinajstić information content (AvgIpc) is 2.89. The molecule has 0 saturated carbocycles. The SMILES string of the molecule is O=C(Cc1ccc2c(c1)CCO2)Nc1ccc(F)cc1Cl. The summed E-state index contributed by atoms with van der Waals surface area (Å²) < 4.78 is 18.4. The number of benzene rings is 2. The average molecular weight is 306 g/mol. The molecule has 0 saturated heterocycles. The molecule has 0 spiro atoms. The van der Waals surface area contributed by atoms with Crippen LogP contribution in [-0.2, 0) is 17.6 Å². The van der Waals surface area contributed by atoms with Crippen LogP contribution in [0.3, 0.4) is 0 Å². The number of amides is 1. The van der Waals surface area contributed by atoms with Crippen molar-refractivity contribution in [3.63, 3.8) is 0 Å². The van der Waals surface area contributed by atoms with Gasteiger partial charge in [-0.25, -0.2) is 4.39 Å². The summed E-state index contributed by atoms with van der Waals surface area (Å²) in [6.45, 7) is 0.691. The van der Waals surface area contributed by atoms with Gasteiger partial charge in [0.15, 0.2) is 0 Å². The van der Waals surface area contributed by atoms with Gasteiger partial charge in [-0.05, 0) is 35.4 Å². The van der Waals surface area contributed by atoms with Gasteiger partial charge in [0, 0.05) is 6.42 Å². The van der Waals surface area contributed by atoms with E-state index in [1.807, 2.05) is 18.2 Å². The normalized spacial score (nSPS) is 12.7. The fourth-order valence-electron chi connectivity index (χ4n) is 2.32. The van der Waals surface area contributed by atoms with E-state index in [-0.39, 0.29) is 17.4 Å². The van der Waals surface area contributed by atoms with Gasteiger partial charge in [0.25, 0.3) is 0 Å². The van der Waals surface area contributed by atoms with Crippen molar-refractivity contribution in [3.8, 4) is 5.75 Å². The molecule has 1 N–H and O–H groups in total. The van der Waals surface area contributed by atoms with Crippen LogP contribution in [0.5, 0.6) is 5.75 Å². The van der Waals surface area contributed by atoms with Gasteiger partial charge >= 0.3 is 0 Å². The van der Waals surface area contributed by atoms with Gasteiger partial charge in [0.1, 0.15) is 11.6 Å². The van der Waals surface area contributed by atoms with E-state index < -0.39 is 5.82 Å². The number of anilines is 1. The summed E-state index contributed by atoms with van der Waals surface area (Å²) in [5, 5.41) is 2.87. The summed E-state index contributed by atoms with van der Waals surface area (Å²) in [4.78, 5) is 12.0. The standard InChI is InChI=1S/C16H13ClFNO2/c17-13-9-12(18)2-3-14(13)19-16(20)8-10-1-4-15-11(7-10)5-6-21-15/h1-4,7,9H,5-6,8H2,(H,19,20). The summed E-state index contributed by atoms with van der Waals surface area (Å²) >= 11 is 5.88. The summed E-state index contributed by atoms with van der Waals surface area (Å²) in [6.07, 6.45) is 1.11. The Labute approximate surface area is 126 Å². The Morgan fingerprint density at radius 3 is 2.95 bits per heavy atom. The second-order valence-corrected chi connectivity index (χ2v) is 5.30. The molecule has 21 heavy (non-hydrogen) atoms. The Bertz CT molecular complexity index is 703. The monoisotopic (exact) mass is 305 g/mol. The van der Waals surface area contributed by atoms with E-state index in [9.17, 15) is 9.18 Å². The molecule has 0 aromatic heterocycles. The van der Waals surface area contributed by atoms with Gasteiger partial charge in [0.05, 0.1) is 23.7 Å². The lowest BCUT2D eigenvalue weighted by molar-refractivity contribution is -0.115. The maximum atomic E-state index is 12.9. The van der Waals surface area contributed by atoms with Crippen LogP contribution in [0.2, 0.25) is 5.02 Å². The van der Waals surface area contributed by atoms with E-state index in [1.165, 1.54) is 18.2 Å². The minimum Gasteiger partial charge on any atom is -0.493 e. The molecule has 0 aliphatic carbocycles. The number of hydrogen-bond donors (Lipinski definition) is 1. The number of rotatable bonds is 3. The highest BCUT2D eigenvalue weighted by molar-refractivity contribution is 6.33. The molecule has 2 aromatic rings. The zero-order valence-corrected chi connectivity index (χ0v) is 11.9. The molecule has 5 heteroatoms. The van der Waals surface area contributed by atoms with E-state index in [4.69, 9.17) is 16.3 Å². The number of hydrogen-bond acceptors (Lipinski definition) is 2. The zero-order valence-electron chi connectivity index (χ0n) is 11.2. The minimum absolute atomic E-state index is 0.186. The van der Waals surface area contributed by atoms with E-state index in [2.05, 4.69) is 5.32 Å². The van der Waals surface area contributed by atoms with Gasteiger partial charge in [-0.2, -0.15) is 0 Å². The Morgan fingerprint density at radius 1 is 1.29 bits per heavy atom. The summed E-state index contributed by atoms with van der Waals surface area (Å²) in [7, 11) is 0. The van der Waals surface area contributed by atoms with Crippen molar-refractivity contribution < 1.29 is 13.9 Å². The van der Waals surface area contributed by atoms with E-state index in [0.717, 1.165) is 23.3 Å².